The molecule has 3 aliphatic rings. The van der Waals surface area contributed by atoms with Crippen molar-refractivity contribution in [2.75, 3.05) is 24.6 Å². The maximum Gasteiger partial charge on any atom is 0.262 e. The van der Waals surface area contributed by atoms with Gasteiger partial charge in [-0.05, 0) is 45.0 Å². The molecule has 2 unspecified atom stereocenters. The quantitative estimate of drug-likeness (QED) is 0.823. The zero-order chi connectivity index (χ0) is 17.2. The second-order valence-electron chi connectivity index (χ2n) is 7.33. The molecule has 0 spiro atoms. The van der Waals surface area contributed by atoms with E-state index in [-0.39, 0.29) is 17.5 Å². The topological polar surface area (TPSA) is 70.9 Å². The monoisotopic (exact) mass is 339 g/mol. The lowest BCUT2D eigenvalue weighted by Crippen LogP contribution is -2.55. The van der Waals surface area contributed by atoms with Crippen LogP contribution in [-0.2, 0) is 10.3 Å². The number of amidine groups is 1. The molecule has 1 amide bonds. The van der Waals surface area contributed by atoms with Crippen LogP contribution in [0.25, 0.3) is 10.9 Å². The molecule has 1 aromatic heterocycles. The first-order valence-corrected chi connectivity index (χ1v) is 8.72. The van der Waals surface area contributed by atoms with E-state index in [0.29, 0.717) is 6.61 Å². The first kappa shape index (κ1) is 14.8. The summed E-state index contributed by atoms with van der Waals surface area (Å²) in [6.07, 6.45) is 3.25. The second kappa shape index (κ2) is 4.98. The Morgan fingerprint density at radius 3 is 3.08 bits per heavy atom. The number of benzene rings is 1. The summed E-state index contributed by atoms with van der Waals surface area (Å²) >= 11 is 0. The molecule has 25 heavy (non-hydrogen) atoms. The summed E-state index contributed by atoms with van der Waals surface area (Å²) in [5.74, 6) is 1.45. The summed E-state index contributed by atoms with van der Waals surface area (Å²) in [5.41, 5.74) is 4.70. The van der Waals surface area contributed by atoms with Gasteiger partial charge in [0.05, 0.1) is 16.7 Å². The molecule has 2 aromatic rings. The van der Waals surface area contributed by atoms with Gasteiger partial charge in [0.2, 0.25) is 0 Å². The van der Waals surface area contributed by atoms with Crippen molar-refractivity contribution in [1.29, 1.82) is 0 Å². The summed E-state index contributed by atoms with van der Waals surface area (Å²) in [6.45, 7) is 6.53. The lowest BCUT2D eigenvalue weighted by molar-refractivity contribution is -0.122. The van der Waals surface area contributed by atoms with Crippen molar-refractivity contribution < 1.29 is 9.53 Å². The number of hydrogen-bond donors (Lipinski definition) is 2. The molecule has 3 aliphatic heterocycles. The van der Waals surface area contributed by atoms with Gasteiger partial charge in [0.25, 0.3) is 5.91 Å². The summed E-state index contributed by atoms with van der Waals surface area (Å²) in [7, 11) is 0. The van der Waals surface area contributed by atoms with Gasteiger partial charge >= 0.3 is 0 Å². The average Bonchev–Trinajstić information content (AvgIpc) is 3.22. The van der Waals surface area contributed by atoms with E-state index in [1.165, 1.54) is 0 Å². The molecule has 130 valence electrons. The molecule has 0 bridgehead atoms. The van der Waals surface area contributed by atoms with E-state index in [4.69, 9.17) is 4.74 Å². The number of amides is 1. The van der Waals surface area contributed by atoms with Crippen LogP contribution in [-0.4, -0.2) is 42.0 Å². The largest absolute Gasteiger partial charge is 0.483 e. The van der Waals surface area contributed by atoms with Gasteiger partial charge in [-0.15, -0.1) is 0 Å². The van der Waals surface area contributed by atoms with Crippen molar-refractivity contribution in [3.8, 4) is 5.75 Å². The molecule has 0 aliphatic carbocycles. The Labute approximate surface area is 145 Å². The molecular formula is C18H21N5O2. The fourth-order valence-electron chi connectivity index (χ4n) is 4.13. The number of hydrazone groups is 1. The van der Waals surface area contributed by atoms with Gasteiger partial charge in [-0.3, -0.25) is 4.79 Å². The highest BCUT2D eigenvalue weighted by Crippen LogP contribution is 2.40. The van der Waals surface area contributed by atoms with E-state index < -0.39 is 0 Å². The highest BCUT2D eigenvalue weighted by atomic mass is 16.5. The van der Waals surface area contributed by atoms with Crippen LogP contribution in [0.5, 0.6) is 5.75 Å². The number of carbonyl (C=O) groups excluding carboxylic acids is 1. The molecule has 1 fully saturated rings. The van der Waals surface area contributed by atoms with Gasteiger partial charge in [0, 0.05) is 18.1 Å². The van der Waals surface area contributed by atoms with Crippen molar-refractivity contribution in [1.82, 2.24) is 15.3 Å². The lowest BCUT2D eigenvalue weighted by Gasteiger charge is -2.38. The minimum absolute atomic E-state index is 0.0628. The predicted molar refractivity (Wildman–Crippen MR) is 96.1 cm³/mol. The smallest absolute Gasteiger partial charge is 0.262 e. The van der Waals surface area contributed by atoms with Crippen molar-refractivity contribution in [3.05, 3.63) is 24.4 Å². The number of nitrogens with zero attached hydrogens (tertiary/aromatic N) is 3. The average molecular weight is 339 g/mol. The van der Waals surface area contributed by atoms with Crippen LogP contribution in [0.2, 0.25) is 0 Å². The molecule has 7 heteroatoms. The Bertz CT molecular complexity index is 910. The lowest BCUT2D eigenvalue weighted by atomic mass is 10.0. The number of ether oxygens (including phenoxy) is 1. The minimum atomic E-state index is -0.306. The molecule has 2 atom stereocenters. The molecule has 1 saturated heterocycles. The maximum absolute atomic E-state index is 12.1. The standard InChI is InChI=1S/C18H21N5O2/c1-11-17(24)21-20-16-9-25-15-7-12-3-6-22(18(2)4-5-19-10-18)13(12)8-14(15)23(11)16/h3,6-8,11,19H,4-5,9-10H2,1-2H3,(H,21,24). The van der Waals surface area contributed by atoms with Gasteiger partial charge in [-0.25, -0.2) is 5.43 Å². The summed E-state index contributed by atoms with van der Waals surface area (Å²) in [5, 5.41) is 8.78. The summed E-state index contributed by atoms with van der Waals surface area (Å²) in [6, 6.07) is 6.04. The van der Waals surface area contributed by atoms with Crippen LogP contribution < -0.4 is 20.4 Å². The maximum atomic E-state index is 12.1. The van der Waals surface area contributed by atoms with Gasteiger partial charge in [-0.1, -0.05) is 0 Å². The first-order valence-electron chi connectivity index (χ1n) is 8.72. The van der Waals surface area contributed by atoms with Crippen molar-refractivity contribution in [3.63, 3.8) is 0 Å². The second-order valence-corrected chi connectivity index (χ2v) is 7.33. The van der Waals surface area contributed by atoms with Crippen LogP contribution >= 0.6 is 0 Å². The third-order valence-corrected chi connectivity index (χ3v) is 5.66. The zero-order valence-corrected chi connectivity index (χ0v) is 14.4. The van der Waals surface area contributed by atoms with Gasteiger partial charge < -0.3 is 19.5 Å². The number of anilines is 1. The highest BCUT2D eigenvalue weighted by molar-refractivity contribution is 6.10. The van der Waals surface area contributed by atoms with E-state index >= 15 is 0 Å². The zero-order valence-electron chi connectivity index (χ0n) is 14.4. The third-order valence-electron chi connectivity index (χ3n) is 5.66. The fourth-order valence-corrected chi connectivity index (χ4v) is 4.13. The normalized spacial score (nSPS) is 28.2. The Morgan fingerprint density at radius 2 is 2.28 bits per heavy atom. The molecule has 0 saturated carbocycles. The summed E-state index contributed by atoms with van der Waals surface area (Å²) in [4.78, 5) is 14.1. The van der Waals surface area contributed by atoms with Crippen LogP contribution in [0.4, 0.5) is 5.69 Å². The van der Waals surface area contributed by atoms with E-state index in [9.17, 15) is 4.79 Å². The van der Waals surface area contributed by atoms with Crippen molar-refractivity contribution in [2.24, 2.45) is 5.10 Å². The Kier molecular flexibility index (Phi) is 2.94. The number of rotatable bonds is 1. The number of hydrogen-bond acceptors (Lipinski definition) is 5. The number of carbonyl (C=O) groups is 1. The van der Waals surface area contributed by atoms with E-state index in [1.54, 1.807) is 0 Å². The Hall–Kier alpha value is -2.54. The van der Waals surface area contributed by atoms with Crippen LogP contribution in [0.15, 0.2) is 29.5 Å². The molecule has 5 rings (SSSR count). The van der Waals surface area contributed by atoms with Crippen LogP contribution in [0.1, 0.15) is 20.3 Å². The predicted octanol–water partition coefficient (Wildman–Crippen LogP) is 1.38. The molecule has 7 nitrogen and oxygen atoms in total. The third kappa shape index (κ3) is 2.02. The van der Waals surface area contributed by atoms with E-state index in [1.807, 2.05) is 11.8 Å². The van der Waals surface area contributed by atoms with Crippen molar-refractivity contribution >= 4 is 28.3 Å². The molecular weight excluding hydrogens is 318 g/mol. The first-order chi connectivity index (χ1) is 12.1. The van der Waals surface area contributed by atoms with Gasteiger partial charge in [0.15, 0.2) is 5.84 Å². The molecule has 2 N–H and O–H groups in total. The molecule has 1 aromatic carbocycles. The Balaban J connectivity index is 1.69. The number of nitrogens with one attached hydrogen (secondary N) is 2. The molecule has 0 radical (unpaired) electrons. The van der Waals surface area contributed by atoms with Gasteiger partial charge in [0.1, 0.15) is 18.4 Å². The fraction of sp³-hybridized carbons (Fsp3) is 0.444. The molecule has 4 heterocycles. The van der Waals surface area contributed by atoms with E-state index in [0.717, 1.165) is 47.7 Å². The number of aromatic nitrogens is 1. The SMILES string of the molecule is CC1C(=O)NN=C2COc3cc4ccn(C5(C)CCNC5)c4cc3N21. The van der Waals surface area contributed by atoms with Crippen LogP contribution in [0.3, 0.4) is 0 Å². The summed E-state index contributed by atoms with van der Waals surface area (Å²) < 4.78 is 8.25. The number of fused-ring (bicyclic) bond motifs is 4. The highest BCUT2D eigenvalue weighted by Gasteiger charge is 2.36. The van der Waals surface area contributed by atoms with Crippen molar-refractivity contribution in [2.45, 2.75) is 31.8 Å². The Morgan fingerprint density at radius 1 is 1.40 bits per heavy atom. The van der Waals surface area contributed by atoms with Gasteiger partial charge in [-0.2, -0.15) is 5.10 Å². The van der Waals surface area contributed by atoms with E-state index in [2.05, 4.69) is 51.7 Å². The minimum Gasteiger partial charge on any atom is -0.483 e. The van der Waals surface area contributed by atoms with Crippen LogP contribution in [0, 0.1) is 0 Å².